The monoisotopic (exact) mass is 533 g/mol. The van der Waals surface area contributed by atoms with E-state index in [4.69, 9.17) is 0 Å². The first kappa shape index (κ1) is 36.0. The van der Waals surface area contributed by atoms with Gasteiger partial charge in [0.1, 0.15) is 0 Å². The molecule has 0 aromatic carbocycles. The van der Waals surface area contributed by atoms with Crippen LogP contribution in [0.4, 0.5) is 0 Å². The molecular formula is C38H76. The van der Waals surface area contributed by atoms with Gasteiger partial charge in [-0.3, -0.25) is 0 Å². The molecule has 4 aliphatic rings. The van der Waals surface area contributed by atoms with Gasteiger partial charge in [0.25, 0.3) is 0 Å². The highest BCUT2D eigenvalue weighted by atomic mass is 14.3. The van der Waals surface area contributed by atoms with Gasteiger partial charge in [-0.1, -0.05) is 173 Å². The predicted molar refractivity (Wildman–Crippen MR) is 175 cm³/mol. The third-order valence-corrected chi connectivity index (χ3v) is 8.73. The van der Waals surface area contributed by atoms with Gasteiger partial charge in [-0.2, -0.15) is 0 Å². The second kappa shape index (κ2) is 16.4. The summed E-state index contributed by atoms with van der Waals surface area (Å²) in [6, 6.07) is 0. The Bertz CT molecular complexity index is 563. The predicted octanol–water partition coefficient (Wildman–Crippen LogP) is 13.7. The molecule has 0 atom stereocenters. The molecule has 38 heavy (non-hydrogen) atoms. The summed E-state index contributed by atoms with van der Waals surface area (Å²) in [6.45, 7) is 28.1. The van der Waals surface area contributed by atoms with Gasteiger partial charge < -0.3 is 0 Å². The molecule has 0 heterocycles. The Hall–Kier alpha value is 0. The molecule has 0 aliphatic heterocycles. The van der Waals surface area contributed by atoms with Crippen LogP contribution in [0, 0.1) is 45.3 Å². The van der Waals surface area contributed by atoms with Crippen molar-refractivity contribution >= 4 is 0 Å². The van der Waals surface area contributed by atoms with E-state index < -0.39 is 0 Å². The number of hydrogen-bond acceptors (Lipinski definition) is 0. The Morgan fingerprint density at radius 1 is 0.289 bits per heavy atom. The molecule has 4 saturated carbocycles. The van der Waals surface area contributed by atoms with Crippen LogP contribution in [0.3, 0.4) is 0 Å². The zero-order valence-corrected chi connectivity index (χ0v) is 29.0. The standard InChI is InChI=1S/C11H22.C10H20.C9H18.C8H16/c1-11(2,3)9-10-7-5-4-6-8-10;1-10(2,3)8-9-6-4-5-7-9;1-9(2,3)7-8-5-4-6-8;1-8(2,3)6-7-4-5-7/h10H,4-9H2,1-3H3;9H,4-8H2,1-3H3;8H,4-7H2,1-3H3;7H,4-6H2,1-3H3. The van der Waals surface area contributed by atoms with Crippen LogP contribution in [0.25, 0.3) is 0 Å². The van der Waals surface area contributed by atoms with E-state index in [9.17, 15) is 0 Å². The van der Waals surface area contributed by atoms with E-state index in [1.807, 2.05) is 0 Å². The average Bonchev–Trinajstić information content (AvgIpc) is 3.34. The van der Waals surface area contributed by atoms with Crippen LogP contribution in [0.1, 0.15) is 199 Å². The smallest absolute Gasteiger partial charge is 0.0380 e. The molecule has 0 amide bonds. The maximum atomic E-state index is 2.36. The summed E-state index contributed by atoms with van der Waals surface area (Å²) >= 11 is 0. The van der Waals surface area contributed by atoms with Gasteiger partial charge in [0.2, 0.25) is 0 Å². The van der Waals surface area contributed by atoms with Crippen LogP contribution in [0.5, 0.6) is 0 Å². The van der Waals surface area contributed by atoms with Gasteiger partial charge in [-0.05, 0) is 71.0 Å². The Kier molecular flexibility index (Phi) is 15.6. The van der Waals surface area contributed by atoms with Crippen LogP contribution in [0.15, 0.2) is 0 Å². The summed E-state index contributed by atoms with van der Waals surface area (Å²) in [5.74, 6) is 4.27. The minimum atomic E-state index is 0.558. The van der Waals surface area contributed by atoms with E-state index in [0.29, 0.717) is 21.7 Å². The lowest BCUT2D eigenvalue weighted by Gasteiger charge is -2.31. The summed E-state index contributed by atoms with van der Waals surface area (Å²) < 4.78 is 0. The van der Waals surface area contributed by atoms with E-state index >= 15 is 0 Å². The molecular weight excluding hydrogens is 456 g/mol. The zero-order chi connectivity index (χ0) is 29.0. The molecule has 0 unspecified atom stereocenters. The summed E-state index contributed by atoms with van der Waals surface area (Å²) in [6.07, 6.45) is 26.6. The molecule has 0 saturated heterocycles. The molecule has 0 aromatic heterocycles. The van der Waals surface area contributed by atoms with Crippen molar-refractivity contribution in [3.05, 3.63) is 0 Å². The van der Waals surface area contributed by atoms with E-state index in [-0.39, 0.29) is 0 Å². The van der Waals surface area contributed by atoms with Crippen molar-refractivity contribution in [3.63, 3.8) is 0 Å². The van der Waals surface area contributed by atoms with Gasteiger partial charge in [0, 0.05) is 0 Å². The van der Waals surface area contributed by atoms with Crippen LogP contribution in [-0.4, -0.2) is 0 Å². The SMILES string of the molecule is CC(C)(C)CC1CC1.CC(C)(C)CC1CCC1.CC(C)(C)CC1CCCC1.CC(C)(C)CC1CCCCC1. The van der Waals surface area contributed by atoms with Crippen LogP contribution >= 0.6 is 0 Å². The van der Waals surface area contributed by atoms with E-state index in [2.05, 4.69) is 83.1 Å². The molecule has 0 N–H and O–H groups in total. The highest BCUT2D eigenvalue weighted by molar-refractivity contribution is 4.79. The van der Waals surface area contributed by atoms with Crippen molar-refractivity contribution in [1.82, 2.24) is 0 Å². The lowest BCUT2D eigenvalue weighted by molar-refractivity contribution is 0.207. The van der Waals surface area contributed by atoms with Gasteiger partial charge in [0.05, 0.1) is 0 Å². The quantitative estimate of drug-likeness (QED) is 0.337. The maximum absolute atomic E-state index is 2.36. The van der Waals surface area contributed by atoms with E-state index in [1.54, 1.807) is 0 Å². The molecule has 0 nitrogen and oxygen atoms in total. The van der Waals surface area contributed by atoms with Crippen molar-refractivity contribution in [1.29, 1.82) is 0 Å². The van der Waals surface area contributed by atoms with Crippen molar-refractivity contribution in [2.24, 2.45) is 45.3 Å². The first-order valence-electron chi connectivity index (χ1n) is 17.3. The maximum Gasteiger partial charge on any atom is -0.0380 e. The number of rotatable bonds is 4. The molecule has 4 fully saturated rings. The first-order chi connectivity index (χ1) is 17.3. The molecule has 0 spiro atoms. The van der Waals surface area contributed by atoms with E-state index in [1.165, 1.54) is 116 Å². The number of hydrogen-bond donors (Lipinski definition) is 0. The fourth-order valence-electron chi connectivity index (χ4n) is 7.09. The molecule has 0 aromatic rings. The zero-order valence-electron chi connectivity index (χ0n) is 29.0. The fraction of sp³-hybridized carbons (Fsp3) is 1.00. The minimum absolute atomic E-state index is 0.558. The Balaban J connectivity index is 0.000000255. The van der Waals surface area contributed by atoms with Crippen molar-refractivity contribution < 1.29 is 0 Å². The lowest BCUT2D eigenvalue weighted by atomic mass is 9.74. The Labute approximate surface area is 243 Å². The highest BCUT2D eigenvalue weighted by Gasteiger charge is 2.27. The minimum Gasteiger partial charge on any atom is -0.0602 e. The molecule has 0 radical (unpaired) electrons. The fourth-order valence-corrected chi connectivity index (χ4v) is 7.09. The second-order valence-corrected chi connectivity index (χ2v) is 19.0. The van der Waals surface area contributed by atoms with Crippen LogP contribution < -0.4 is 0 Å². The van der Waals surface area contributed by atoms with E-state index in [0.717, 1.165) is 23.7 Å². The summed E-state index contributed by atoms with van der Waals surface area (Å²) in [5.41, 5.74) is 2.28. The lowest BCUT2D eigenvalue weighted by Crippen LogP contribution is -2.18. The van der Waals surface area contributed by atoms with Crippen LogP contribution in [0.2, 0.25) is 0 Å². The largest absolute Gasteiger partial charge is 0.0602 e. The molecule has 4 rings (SSSR count). The average molecular weight is 533 g/mol. The summed E-state index contributed by atoms with van der Waals surface area (Å²) in [7, 11) is 0. The molecule has 4 aliphatic carbocycles. The Morgan fingerprint density at radius 2 is 0.500 bits per heavy atom. The van der Waals surface area contributed by atoms with Crippen molar-refractivity contribution in [2.75, 3.05) is 0 Å². The third-order valence-electron chi connectivity index (χ3n) is 8.73. The van der Waals surface area contributed by atoms with Gasteiger partial charge in [0.15, 0.2) is 0 Å². The molecule has 0 bridgehead atoms. The summed E-state index contributed by atoms with van der Waals surface area (Å²) in [4.78, 5) is 0. The topological polar surface area (TPSA) is 0 Å². The normalized spacial score (nSPS) is 21.8. The van der Waals surface area contributed by atoms with Gasteiger partial charge in [-0.15, -0.1) is 0 Å². The van der Waals surface area contributed by atoms with Gasteiger partial charge in [-0.25, -0.2) is 0 Å². The van der Waals surface area contributed by atoms with Crippen molar-refractivity contribution in [2.45, 2.75) is 199 Å². The third kappa shape index (κ3) is 22.8. The van der Waals surface area contributed by atoms with Crippen LogP contribution in [-0.2, 0) is 0 Å². The molecule has 0 heteroatoms. The van der Waals surface area contributed by atoms with Gasteiger partial charge >= 0.3 is 0 Å². The second-order valence-electron chi connectivity index (χ2n) is 19.0. The Morgan fingerprint density at radius 3 is 0.658 bits per heavy atom. The van der Waals surface area contributed by atoms with Crippen molar-refractivity contribution in [3.8, 4) is 0 Å². The highest BCUT2D eigenvalue weighted by Crippen LogP contribution is 2.40. The first-order valence-corrected chi connectivity index (χ1v) is 17.3. The summed E-state index contributed by atoms with van der Waals surface area (Å²) in [5, 5.41) is 0. The molecule has 228 valence electrons.